The van der Waals surface area contributed by atoms with Crippen molar-refractivity contribution < 1.29 is 4.79 Å². The molecule has 4 heterocycles. The number of fused-ring (bicyclic) bond motifs is 1. The Morgan fingerprint density at radius 3 is 2.85 bits per heavy atom. The lowest BCUT2D eigenvalue weighted by atomic mass is 9.98. The number of imidazole rings is 1. The monoisotopic (exact) mass is 366 g/mol. The first kappa shape index (κ1) is 17.7. The van der Waals surface area contributed by atoms with Crippen molar-refractivity contribution in [2.24, 2.45) is 0 Å². The van der Waals surface area contributed by atoms with Crippen LogP contribution in [-0.4, -0.2) is 47.5 Å². The number of hydrogen-bond acceptors (Lipinski definition) is 4. The Bertz CT molecular complexity index is 972. The van der Waals surface area contributed by atoms with Gasteiger partial charge in [0, 0.05) is 49.0 Å². The number of piperidine rings is 1. The lowest BCUT2D eigenvalue weighted by molar-refractivity contribution is 0.0589. The summed E-state index contributed by atoms with van der Waals surface area (Å²) >= 11 is 0. The number of nitrogens with zero attached hydrogens (tertiary/aromatic N) is 6. The van der Waals surface area contributed by atoms with Gasteiger partial charge in [-0.2, -0.15) is 5.10 Å². The second-order valence-corrected chi connectivity index (χ2v) is 7.44. The first-order valence-corrected chi connectivity index (χ1v) is 9.65. The highest BCUT2D eigenvalue weighted by Crippen LogP contribution is 2.23. The first-order valence-electron chi connectivity index (χ1n) is 9.65. The highest BCUT2D eigenvalue weighted by molar-refractivity contribution is 5.93. The molecule has 1 fully saturated rings. The average Bonchev–Trinajstić information content (AvgIpc) is 3.26. The molecule has 27 heavy (non-hydrogen) atoms. The van der Waals surface area contributed by atoms with Crippen molar-refractivity contribution in [3.8, 4) is 0 Å². The molecule has 0 aliphatic carbocycles. The molecule has 0 radical (unpaired) electrons. The summed E-state index contributed by atoms with van der Waals surface area (Å²) in [7, 11) is 0. The molecule has 1 aliphatic heterocycles. The van der Waals surface area contributed by atoms with E-state index in [2.05, 4.69) is 19.6 Å². The van der Waals surface area contributed by atoms with E-state index in [0.717, 1.165) is 55.2 Å². The van der Waals surface area contributed by atoms with Crippen molar-refractivity contribution in [2.45, 2.75) is 59.0 Å². The standard InChI is InChI=1S/C20H26N6O/c1-14-12-15(2)26-19(22-14)13-18(23-26)20(27)25-9-5-4-6-17(25)7-10-24-11-8-21-16(24)3/h8,11-13,17H,4-7,9-10H2,1-3H3/t17-/m0/s1. The van der Waals surface area contributed by atoms with E-state index >= 15 is 0 Å². The number of rotatable bonds is 4. The van der Waals surface area contributed by atoms with Gasteiger partial charge >= 0.3 is 0 Å². The van der Waals surface area contributed by atoms with Crippen molar-refractivity contribution in [1.29, 1.82) is 0 Å². The SMILES string of the molecule is Cc1cc(C)n2nc(C(=O)N3CCCC[C@H]3CCn3ccnc3C)cc2n1. The van der Waals surface area contributed by atoms with E-state index in [1.54, 1.807) is 4.52 Å². The summed E-state index contributed by atoms with van der Waals surface area (Å²) in [4.78, 5) is 24.0. The van der Waals surface area contributed by atoms with E-state index in [1.807, 2.05) is 50.2 Å². The molecule has 0 N–H and O–H groups in total. The van der Waals surface area contributed by atoms with Gasteiger partial charge in [0.15, 0.2) is 11.3 Å². The third-order valence-corrected chi connectivity index (χ3v) is 5.47. The van der Waals surface area contributed by atoms with Gasteiger partial charge in [-0.05, 0) is 52.5 Å². The maximum Gasteiger partial charge on any atom is 0.274 e. The lowest BCUT2D eigenvalue weighted by Gasteiger charge is -2.35. The summed E-state index contributed by atoms with van der Waals surface area (Å²) in [6.07, 6.45) is 8.03. The third-order valence-electron chi connectivity index (χ3n) is 5.47. The molecule has 1 saturated heterocycles. The smallest absolute Gasteiger partial charge is 0.274 e. The zero-order valence-electron chi connectivity index (χ0n) is 16.2. The topological polar surface area (TPSA) is 68.3 Å². The maximum absolute atomic E-state index is 13.2. The summed E-state index contributed by atoms with van der Waals surface area (Å²) < 4.78 is 3.91. The molecule has 0 unspecified atom stereocenters. The van der Waals surface area contributed by atoms with Gasteiger partial charge in [-0.1, -0.05) is 0 Å². The van der Waals surface area contributed by atoms with E-state index in [-0.39, 0.29) is 11.9 Å². The predicted molar refractivity (Wildman–Crippen MR) is 103 cm³/mol. The normalized spacial score (nSPS) is 17.6. The Kier molecular flexibility index (Phi) is 4.68. The summed E-state index contributed by atoms with van der Waals surface area (Å²) in [5.74, 6) is 1.03. The van der Waals surface area contributed by atoms with Crippen LogP contribution in [0.2, 0.25) is 0 Å². The maximum atomic E-state index is 13.2. The van der Waals surface area contributed by atoms with E-state index in [0.29, 0.717) is 5.69 Å². The average molecular weight is 366 g/mol. The number of aryl methyl sites for hydroxylation is 4. The number of carbonyl (C=O) groups is 1. The quantitative estimate of drug-likeness (QED) is 0.712. The van der Waals surface area contributed by atoms with Gasteiger partial charge in [0.25, 0.3) is 5.91 Å². The summed E-state index contributed by atoms with van der Waals surface area (Å²) in [6.45, 7) is 7.63. The zero-order chi connectivity index (χ0) is 19.0. The van der Waals surface area contributed by atoms with Crippen molar-refractivity contribution in [2.75, 3.05) is 6.54 Å². The molecule has 4 rings (SSSR count). The minimum absolute atomic E-state index is 0.0182. The first-order chi connectivity index (χ1) is 13.0. The van der Waals surface area contributed by atoms with Crippen LogP contribution >= 0.6 is 0 Å². The van der Waals surface area contributed by atoms with Crippen LogP contribution in [0.5, 0.6) is 0 Å². The number of carbonyl (C=O) groups excluding carboxylic acids is 1. The minimum atomic E-state index is 0.0182. The van der Waals surface area contributed by atoms with Gasteiger partial charge in [-0.15, -0.1) is 0 Å². The van der Waals surface area contributed by atoms with E-state index < -0.39 is 0 Å². The number of amides is 1. The Balaban J connectivity index is 1.55. The van der Waals surface area contributed by atoms with Crippen LogP contribution < -0.4 is 0 Å². The molecular formula is C20H26N6O. The minimum Gasteiger partial charge on any atom is -0.335 e. The fourth-order valence-corrected chi connectivity index (χ4v) is 4.03. The van der Waals surface area contributed by atoms with Gasteiger partial charge in [-0.3, -0.25) is 4.79 Å². The molecule has 3 aromatic heterocycles. The Morgan fingerprint density at radius 2 is 2.07 bits per heavy atom. The van der Waals surface area contributed by atoms with Crippen LogP contribution in [0.4, 0.5) is 0 Å². The Morgan fingerprint density at radius 1 is 1.22 bits per heavy atom. The highest BCUT2D eigenvalue weighted by Gasteiger charge is 2.29. The van der Waals surface area contributed by atoms with Crippen LogP contribution in [0.15, 0.2) is 24.5 Å². The molecule has 1 aliphatic rings. The Hall–Kier alpha value is -2.70. The predicted octanol–water partition coefficient (Wildman–Crippen LogP) is 2.94. The van der Waals surface area contributed by atoms with Gasteiger partial charge in [0.1, 0.15) is 5.82 Å². The molecule has 7 nitrogen and oxygen atoms in total. The Labute approximate surface area is 159 Å². The van der Waals surface area contributed by atoms with Gasteiger partial charge in [0.2, 0.25) is 0 Å². The van der Waals surface area contributed by atoms with Crippen LogP contribution in [0, 0.1) is 20.8 Å². The number of aromatic nitrogens is 5. The van der Waals surface area contributed by atoms with Crippen LogP contribution in [0.25, 0.3) is 5.65 Å². The van der Waals surface area contributed by atoms with Crippen molar-refractivity contribution >= 4 is 11.6 Å². The second-order valence-electron chi connectivity index (χ2n) is 7.44. The molecular weight excluding hydrogens is 340 g/mol. The molecule has 7 heteroatoms. The fourth-order valence-electron chi connectivity index (χ4n) is 4.03. The summed E-state index contributed by atoms with van der Waals surface area (Å²) in [5.41, 5.74) is 3.15. The molecule has 0 saturated carbocycles. The van der Waals surface area contributed by atoms with Gasteiger partial charge in [-0.25, -0.2) is 14.5 Å². The summed E-state index contributed by atoms with van der Waals surface area (Å²) in [5, 5.41) is 4.53. The third kappa shape index (κ3) is 3.46. The number of likely N-dealkylation sites (tertiary alicyclic amines) is 1. The molecule has 0 bridgehead atoms. The molecule has 142 valence electrons. The van der Waals surface area contributed by atoms with Crippen LogP contribution in [0.3, 0.4) is 0 Å². The molecule has 1 atom stereocenters. The summed E-state index contributed by atoms with van der Waals surface area (Å²) in [6, 6.07) is 4.04. The van der Waals surface area contributed by atoms with Gasteiger partial charge < -0.3 is 9.47 Å². The van der Waals surface area contributed by atoms with E-state index in [4.69, 9.17) is 0 Å². The van der Waals surface area contributed by atoms with Crippen molar-refractivity contribution in [3.05, 3.63) is 47.4 Å². The lowest BCUT2D eigenvalue weighted by Crippen LogP contribution is -2.44. The van der Waals surface area contributed by atoms with Crippen molar-refractivity contribution in [3.63, 3.8) is 0 Å². The van der Waals surface area contributed by atoms with E-state index in [1.165, 1.54) is 6.42 Å². The molecule has 1 amide bonds. The molecule has 0 aromatic carbocycles. The van der Waals surface area contributed by atoms with E-state index in [9.17, 15) is 4.79 Å². The second kappa shape index (κ2) is 7.13. The molecule has 3 aromatic rings. The largest absolute Gasteiger partial charge is 0.335 e. The number of hydrogen-bond donors (Lipinski definition) is 0. The van der Waals surface area contributed by atoms with Crippen LogP contribution in [-0.2, 0) is 6.54 Å². The van der Waals surface area contributed by atoms with Crippen molar-refractivity contribution in [1.82, 2.24) is 29.0 Å². The molecule has 0 spiro atoms. The zero-order valence-corrected chi connectivity index (χ0v) is 16.2. The highest BCUT2D eigenvalue weighted by atomic mass is 16.2. The van der Waals surface area contributed by atoms with Crippen LogP contribution in [0.1, 0.15) is 53.4 Å². The fraction of sp³-hybridized carbons (Fsp3) is 0.500. The van der Waals surface area contributed by atoms with Gasteiger partial charge in [0.05, 0.1) is 0 Å².